The van der Waals surface area contributed by atoms with Crippen LogP contribution in [0.3, 0.4) is 0 Å². The predicted molar refractivity (Wildman–Crippen MR) is 493 cm³/mol. The van der Waals surface area contributed by atoms with Crippen LogP contribution in [0.4, 0.5) is 0 Å². The van der Waals surface area contributed by atoms with Crippen LogP contribution in [0, 0.1) is 27.7 Å². The molecule has 8 bridgehead atoms. The van der Waals surface area contributed by atoms with Crippen molar-refractivity contribution in [3.05, 3.63) is 192 Å². The number of nitrogens with zero attached hydrogens (tertiary/aromatic N) is 10. The number of benzene rings is 8. The van der Waals surface area contributed by atoms with Crippen LogP contribution in [0.2, 0.25) is 0 Å². The summed E-state index contributed by atoms with van der Waals surface area (Å²) < 4.78 is 188. The first kappa shape index (κ1) is 99.0. The normalized spacial score (nSPS) is 12.5. The lowest BCUT2D eigenvalue weighted by molar-refractivity contribution is 0.0714. The van der Waals surface area contributed by atoms with E-state index in [0.29, 0.717) is 89.4 Å². The van der Waals surface area contributed by atoms with Gasteiger partial charge in [0.2, 0.25) is 40.1 Å². The van der Waals surface area contributed by atoms with Gasteiger partial charge in [-0.1, -0.05) is 70.8 Å². The molecule has 6 N–H and O–H groups in total. The van der Waals surface area contributed by atoms with Crippen molar-refractivity contribution < 1.29 is 111 Å². The molecule has 11 aromatic rings. The van der Waals surface area contributed by atoms with Crippen molar-refractivity contribution in [2.24, 2.45) is 0 Å². The fourth-order valence-electron chi connectivity index (χ4n) is 14.2. The summed E-state index contributed by atoms with van der Waals surface area (Å²) in [5.74, 6) is 2.54. The molecule has 0 spiro atoms. The van der Waals surface area contributed by atoms with Crippen molar-refractivity contribution in [2.75, 3.05) is 211 Å². The molecule has 706 valence electrons. The number of nitrogens with one attached hydrogen (secondary N) is 2. The maximum Gasteiger partial charge on any atom is 0.243 e. The Bertz CT molecular complexity index is 5950. The monoisotopic (exact) mass is 1890 g/mol. The third-order valence-electron chi connectivity index (χ3n) is 21.2. The van der Waals surface area contributed by atoms with Gasteiger partial charge in [-0.25, -0.2) is 63.6 Å². The number of aliphatic hydroxyl groups excluding tert-OH is 4. The molecule has 0 radical (unpaired) electrons. The number of aromatic nitrogens is 8. The SMILES string of the molecule is Cc1ccc(S(=O)(=O)N(CCOCCO)CCOCCOc2ccc3c(c2)-c2nc-3nc3[nH]c(nc4nc(nc5[nH]c(n2)c2ccc(OCCOCCN(CCOCCO)S(=O)(=O)c6ccc(C)cc6)cc52)-c2ccc(OCCOCCN(CCOCCO)S(=O)(=O)c5ccc(C)cc5)cc2-4)c2ccc(OCCOCCN(CCOCCO)S(=O)(=O)c4ccc(C)cc4)cc32)cc1. The van der Waals surface area contributed by atoms with Crippen LogP contribution < -0.4 is 18.9 Å². The van der Waals surface area contributed by atoms with E-state index in [1.807, 2.05) is 52.0 Å². The smallest absolute Gasteiger partial charge is 0.243 e. The molecule has 40 heteroatoms. The van der Waals surface area contributed by atoms with Crippen LogP contribution in [-0.4, -0.2) is 322 Å². The number of H-pyrrole nitrogens is 2. The molecule has 0 fully saturated rings. The number of aromatic amines is 2. The molecule has 0 amide bonds. The van der Waals surface area contributed by atoms with Crippen LogP contribution in [0.15, 0.2) is 189 Å². The van der Waals surface area contributed by atoms with E-state index in [4.69, 9.17) is 86.7 Å². The Morgan fingerprint density at radius 3 is 0.712 bits per heavy atom. The molecule has 5 heterocycles. The van der Waals surface area contributed by atoms with Gasteiger partial charge < -0.3 is 87.2 Å². The maximum absolute atomic E-state index is 13.9. The summed E-state index contributed by atoms with van der Waals surface area (Å²) in [5, 5.41) is 39.6. The van der Waals surface area contributed by atoms with E-state index in [9.17, 15) is 54.1 Å². The molecule has 0 unspecified atom stereocenters. The molecule has 0 aliphatic carbocycles. The third kappa shape index (κ3) is 26.1. The van der Waals surface area contributed by atoms with E-state index < -0.39 is 40.1 Å². The van der Waals surface area contributed by atoms with Crippen LogP contribution >= 0.6 is 0 Å². The highest BCUT2D eigenvalue weighted by Crippen LogP contribution is 2.41. The molecule has 132 heavy (non-hydrogen) atoms. The first-order valence-electron chi connectivity index (χ1n) is 43.2. The lowest BCUT2D eigenvalue weighted by atomic mass is 10.1. The topological polar surface area (TPSA) is 450 Å². The highest BCUT2D eigenvalue weighted by atomic mass is 32.2. The number of hydrogen-bond donors (Lipinski definition) is 6. The van der Waals surface area contributed by atoms with E-state index in [2.05, 4.69) is 9.97 Å². The Morgan fingerprint density at radius 2 is 0.462 bits per heavy atom. The minimum atomic E-state index is -3.96. The molecule has 3 aromatic heterocycles. The second-order valence-corrected chi connectivity index (χ2v) is 38.2. The van der Waals surface area contributed by atoms with E-state index in [1.54, 1.807) is 146 Å². The fourth-order valence-corrected chi connectivity index (χ4v) is 19.8. The second-order valence-electron chi connectivity index (χ2n) is 30.5. The summed E-state index contributed by atoms with van der Waals surface area (Å²) in [7, 11) is -15.8. The summed E-state index contributed by atoms with van der Waals surface area (Å²) in [6.07, 6.45) is 0. The lowest BCUT2D eigenvalue weighted by Gasteiger charge is -2.22. The molecule has 2 aliphatic rings. The van der Waals surface area contributed by atoms with Crippen LogP contribution in [0.25, 0.3) is 89.7 Å². The summed E-state index contributed by atoms with van der Waals surface area (Å²) in [4.78, 5) is 38.9. The van der Waals surface area contributed by atoms with Gasteiger partial charge in [0.25, 0.3) is 0 Å². The summed E-state index contributed by atoms with van der Waals surface area (Å²) >= 11 is 0. The Hall–Kier alpha value is -10.5. The van der Waals surface area contributed by atoms with Gasteiger partial charge in [-0.15, -0.1) is 0 Å². The number of sulfonamides is 4. The molecule has 8 aromatic carbocycles. The number of ether oxygens (including phenoxy) is 12. The van der Waals surface area contributed by atoms with Gasteiger partial charge in [0.15, 0.2) is 23.3 Å². The number of hydrogen-bond acceptors (Lipinski definition) is 30. The van der Waals surface area contributed by atoms with Crippen molar-refractivity contribution in [3.63, 3.8) is 0 Å². The highest BCUT2D eigenvalue weighted by molar-refractivity contribution is 7.90. The van der Waals surface area contributed by atoms with Crippen molar-refractivity contribution in [1.82, 2.24) is 57.1 Å². The van der Waals surface area contributed by atoms with Crippen LogP contribution in [0.5, 0.6) is 23.0 Å². The van der Waals surface area contributed by atoms with Crippen molar-refractivity contribution in [3.8, 4) is 68.5 Å². The van der Waals surface area contributed by atoms with E-state index in [-0.39, 0.29) is 254 Å². The Balaban J connectivity index is 0.824. The highest BCUT2D eigenvalue weighted by Gasteiger charge is 2.31. The molecule has 0 atom stereocenters. The third-order valence-corrected chi connectivity index (χ3v) is 28.8. The zero-order chi connectivity index (χ0) is 93.0. The number of fused-ring (bicyclic) bond motifs is 20. The Morgan fingerprint density at radius 1 is 0.242 bits per heavy atom. The van der Waals surface area contributed by atoms with Gasteiger partial charge in [-0.2, -0.15) is 17.2 Å². The first-order valence-corrected chi connectivity index (χ1v) is 48.9. The zero-order valence-electron chi connectivity index (χ0n) is 73.9. The first-order chi connectivity index (χ1) is 63.9. The number of aliphatic hydroxyl groups is 4. The molecule has 0 saturated carbocycles. The molecule has 13 rings (SSSR count). The largest absolute Gasteiger partial charge is 0.491 e. The molecule has 0 saturated heterocycles. The van der Waals surface area contributed by atoms with Gasteiger partial charge in [0.05, 0.1) is 152 Å². The van der Waals surface area contributed by atoms with Gasteiger partial charge in [0.1, 0.15) is 72.0 Å². The second kappa shape index (κ2) is 47.9. The maximum atomic E-state index is 13.9. The van der Waals surface area contributed by atoms with E-state index >= 15 is 0 Å². The van der Waals surface area contributed by atoms with Gasteiger partial charge in [-0.3, -0.25) is 0 Å². The number of rotatable bonds is 56. The van der Waals surface area contributed by atoms with Crippen LogP contribution in [-0.2, 0) is 78.0 Å². The Kier molecular flexibility index (Phi) is 35.9. The number of aryl methyl sites for hydroxylation is 4. The van der Waals surface area contributed by atoms with Gasteiger partial charge in [0, 0.05) is 96.2 Å². The van der Waals surface area contributed by atoms with Crippen molar-refractivity contribution in [1.29, 1.82) is 0 Å². The Labute approximate surface area is 766 Å². The fraction of sp³-hybridized carbons (Fsp3) is 0.391. The zero-order valence-corrected chi connectivity index (χ0v) is 77.1. The van der Waals surface area contributed by atoms with Crippen LogP contribution in [0.1, 0.15) is 22.3 Å². The predicted octanol–water partition coefficient (Wildman–Crippen LogP) is 8.48. The molecular formula is C92H110N12O24S4. The molecule has 36 nitrogen and oxygen atoms in total. The minimum Gasteiger partial charge on any atom is -0.491 e. The van der Waals surface area contributed by atoms with E-state index in [1.165, 1.54) is 17.2 Å². The average molecular weight is 1900 g/mol. The minimum absolute atomic E-state index is 0.00289. The van der Waals surface area contributed by atoms with Crippen molar-refractivity contribution in [2.45, 2.75) is 47.3 Å². The van der Waals surface area contributed by atoms with Gasteiger partial charge >= 0.3 is 0 Å². The van der Waals surface area contributed by atoms with E-state index in [0.717, 1.165) is 22.3 Å². The van der Waals surface area contributed by atoms with Gasteiger partial charge in [-0.05, 0) is 149 Å². The lowest BCUT2D eigenvalue weighted by Crippen LogP contribution is -2.37. The average Bonchev–Trinajstić information content (AvgIpc) is 1.59. The molecular weight excluding hydrogens is 1790 g/mol. The standard InChI is InChI=1S/C92H110N12O24S4/c1-65-5-17-73(18-6-65)129(109,110)101(29-41-117-49-37-105)33-45-121-53-57-125-69-13-25-77-81(61-69)89-93-85(77)98-90-83-63-71(127-59-55-123-47-35-103(31-43-119-51-39-107)131(113,114)75-21-9-67(3)10-22-75)15-27-79(83)87(95-90)100-92-84-64-72(128-60-56-124-48-36-104(32-44-120-52-40-108)132(115,116)76-23-11-68(4)12-24-76)16-28-80(84)88(96-92)99-91-82-62-70(14-26-78(82)86(94-91)97-89)126-58-54-122-46-34-102(30-42-118-50-38-106)130(111,112)74-19-7-66(2)8-20-74/h5-28,61-64,105-108H,29-60H2,1-4H3,(H2,93,94,95,96,97,98,99,100). The molecule has 2 aliphatic heterocycles. The quantitative estimate of drug-likeness (QED) is 0.0194. The summed E-state index contributed by atoms with van der Waals surface area (Å²) in [6.45, 7) is 7.51. The van der Waals surface area contributed by atoms with Crippen molar-refractivity contribution >= 4 is 84.2 Å². The summed E-state index contributed by atoms with van der Waals surface area (Å²) in [6, 6.07) is 47.7. The summed E-state index contributed by atoms with van der Waals surface area (Å²) in [5.41, 5.74) is 6.98.